The minimum atomic E-state index is -3.32. The molecule has 3 N–H and O–H groups in total. The van der Waals surface area contributed by atoms with Crippen molar-refractivity contribution < 1.29 is 17.9 Å². The summed E-state index contributed by atoms with van der Waals surface area (Å²) >= 11 is 0. The molecule has 0 saturated heterocycles. The van der Waals surface area contributed by atoms with Gasteiger partial charge in [-0.3, -0.25) is 4.72 Å². The quantitative estimate of drug-likeness (QED) is 0.647. The first-order chi connectivity index (χ1) is 12.9. The van der Waals surface area contributed by atoms with E-state index in [9.17, 15) is 8.42 Å². The summed E-state index contributed by atoms with van der Waals surface area (Å²) in [4.78, 5) is 0. The molecule has 0 bridgehead atoms. The number of fused-ring (bicyclic) bond motifs is 1. The molecule has 1 aromatic heterocycles. The molecule has 0 aliphatic carbocycles. The van der Waals surface area contributed by atoms with Gasteiger partial charge in [-0.15, -0.1) is 0 Å². The van der Waals surface area contributed by atoms with E-state index in [2.05, 4.69) is 4.72 Å². The molecule has 27 heavy (non-hydrogen) atoms. The van der Waals surface area contributed by atoms with Crippen LogP contribution in [0.5, 0.6) is 5.75 Å². The van der Waals surface area contributed by atoms with Gasteiger partial charge in [0.2, 0.25) is 10.0 Å². The molecular formula is C19H23N3O4S. The fourth-order valence-corrected chi connectivity index (χ4v) is 3.64. The molecule has 1 heterocycles. The van der Waals surface area contributed by atoms with Gasteiger partial charge in [0, 0.05) is 29.8 Å². The standard InChI is InChI=1S/C19H23N3O4S/c1-4-27(23,24)21-14-7-5-13(6-8-14)19-18(20)16-10-9-15(26-3)11-17(16)22(19)12-25-2/h5-11,21H,4,12,20H2,1-3H3. The molecule has 3 aromatic rings. The number of methoxy groups -OCH3 is 2. The minimum Gasteiger partial charge on any atom is -0.497 e. The summed E-state index contributed by atoms with van der Waals surface area (Å²) in [6.45, 7) is 1.91. The van der Waals surface area contributed by atoms with Crippen molar-refractivity contribution in [3.8, 4) is 17.0 Å². The van der Waals surface area contributed by atoms with E-state index in [0.717, 1.165) is 27.9 Å². The molecule has 2 aromatic carbocycles. The number of benzene rings is 2. The first-order valence-corrected chi connectivity index (χ1v) is 10.1. The van der Waals surface area contributed by atoms with Gasteiger partial charge in [-0.2, -0.15) is 0 Å². The average Bonchev–Trinajstić information content (AvgIpc) is 2.94. The van der Waals surface area contributed by atoms with Crippen LogP contribution in [0.3, 0.4) is 0 Å². The zero-order chi connectivity index (χ0) is 19.6. The first kappa shape index (κ1) is 19.1. The third-order valence-electron chi connectivity index (χ3n) is 4.38. The molecule has 0 fully saturated rings. The highest BCUT2D eigenvalue weighted by molar-refractivity contribution is 7.92. The Hall–Kier alpha value is -2.71. The van der Waals surface area contributed by atoms with Gasteiger partial charge < -0.3 is 19.8 Å². The third kappa shape index (κ3) is 3.72. The van der Waals surface area contributed by atoms with E-state index in [-0.39, 0.29) is 5.75 Å². The van der Waals surface area contributed by atoms with Crippen molar-refractivity contribution in [2.45, 2.75) is 13.7 Å². The van der Waals surface area contributed by atoms with E-state index < -0.39 is 10.0 Å². The largest absolute Gasteiger partial charge is 0.497 e. The number of nitrogens with zero attached hydrogens (tertiary/aromatic N) is 1. The second kappa shape index (κ2) is 7.50. The highest BCUT2D eigenvalue weighted by Gasteiger charge is 2.17. The predicted octanol–water partition coefficient (Wildman–Crippen LogP) is 3.26. The summed E-state index contributed by atoms with van der Waals surface area (Å²) in [6, 6.07) is 12.8. The number of hydrogen-bond acceptors (Lipinski definition) is 5. The third-order valence-corrected chi connectivity index (χ3v) is 5.69. The molecule has 0 aliphatic heterocycles. The lowest BCUT2D eigenvalue weighted by Gasteiger charge is -2.12. The minimum absolute atomic E-state index is 0.0195. The van der Waals surface area contributed by atoms with E-state index in [4.69, 9.17) is 15.2 Å². The van der Waals surface area contributed by atoms with E-state index >= 15 is 0 Å². The van der Waals surface area contributed by atoms with Crippen molar-refractivity contribution >= 4 is 32.3 Å². The number of nitrogens with two attached hydrogens (primary N) is 1. The van der Waals surface area contributed by atoms with Crippen LogP contribution in [0.2, 0.25) is 0 Å². The smallest absolute Gasteiger partial charge is 0.232 e. The summed E-state index contributed by atoms with van der Waals surface area (Å²) in [6.07, 6.45) is 0. The van der Waals surface area contributed by atoms with Crippen LogP contribution < -0.4 is 15.2 Å². The Morgan fingerprint density at radius 3 is 2.41 bits per heavy atom. The number of aromatic nitrogens is 1. The monoisotopic (exact) mass is 389 g/mol. The number of sulfonamides is 1. The fraction of sp³-hybridized carbons (Fsp3) is 0.263. The molecular weight excluding hydrogens is 366 g/mol. The Morgan fingerprint density at radius 1 is 1.11 bits per heavy atom. The van der Waals surface area contributed by atoms with Gasteiger partial charge in [0.1, 0.15) is 12.5 Å². The van der Waals surface area contributed by atoms with Crippen LogP contribution in [0.1, 0.15) is 6.92 Å². The summed E-state index contributed by atoms with van der Waals surface area (Å²) in [5.41, 5.74) is 10.1. The summed E-state index contributed by atoms with van der Waals surface area (Å²) in [5.74, 6) is 0.749. The Kier molecular flexibility index (Phi) is 5.29. The lowest BCUT2D eigenvalue weighted by atomic mass is 10.1. The van der Waals surface area contributed by atoms with E-state index in [1.165, 1.54) is 0 Å². The molecule has 0 aliphatic rings. The normalized spacial score (nSPS) is 11.7. The molecule has 3 rings (SSSR count). The van der Waals surface area contributed by atoms with E-state index in [1.54, 1.807) is 33.3 Å². The van der Waals surface area contributed by atoms with Gasteiger partial charge in [0.25, 0.3) is 0 Å². The van der Waals surface area contributed by atoms with Crippen LogP contribution in [0, 0.1) is 0 Å². The Balaban J connectivity index is 2.10. The number of nitrogens with one attached hydrogen (secondary N) is 1. The van der Waals surface area contributed by atoms with E-state index in [1.807, 2.05) is 34.9 Å². The van der Waals surface area contributed by atoms with Gasteiger partial charge in [-0.05, 0) is 31.2 Å². The van der Waals surface area contributed by atoms with E-state index in [0.29, 0.717) is 18.1 Å². The van der Waals surface area contributed by atoms with Crippen LogP contribution >= 0.6 is 0 Å². The van der Waals surface area contributed by atoms with Gasteiger partial charge in [-0.1, -0.05) is 12.1 Å². The molecule has 144 valence electrons. The number of nitrogen functional groups attached to an aromatic ring is 1. The molecule has 0 amide bonds. The molecule has 8 heteroatoms. The van der Waals surface area contributed by atoms with Gasteiger partial charge in [0.05, 0.1) is 29.8 Å². The fourth-order valence-electron chi connectivity index (χ4n) is 3.01. The van der Waals surface area contributed by atoms with Gasteiger partial charge in [0.15, 0.2) is 0 Å². The SMILES string of the molecule is CCS(=O)(=O)Nc1ccc(-c2c(N)c3ccc(OC)cc3n2COC)cc1. The van der Waals surface area contributed by atoms with Crippen LogP contribution in [0.15, 0.2) is 42.5 Å². The maximum absolute atomic E-state index is 11.7. The zero-order valence-electron chi connectivity index (χ0n) is 15.5. The van der Waals surface area contributed by atoms with Crippen LogP contribution in [0.4, 0.5) is 11.4 Å². The van der Waals surface area contributed by atoms with Crippen LogP contribution in [0.25, 0.3) is 22.2 Å². The molecule has 0 unspecified atom stereocenters. The predicted molar refractivity (Wildman–Crippen MR) is 108 cm³/mol. The molecule has 0 radical (unpaired) electrons. The van der Waals surface area contributed by atoms with Crippen molar-refractivity contribution in [3.05, 3.63) is 42.5 Å². The van der Waals surface area contributed by atoms with Crippen LogP contribution in [-0.4, -0.2) is 33.0 Å². The topological polar surface area (TPSA) is 95.6 Å². The Morgan fingerprint density at radius 2 is 1.81 bits per heavy atom. The van der Waals surface area contributed by atoms with Crippen molar-refractivity contribution in [3.63, 3.8) is 0 Å². The van der Waals surface area contributed by atoms with Crippen molar-refractivity contribution in [2.75, 3.05) is 30.4 Å². The number of ether oxygens (including phenoxy) is 2. The Labute approximate surface area is 158 Å². The van der Waals surface area contributed by atoms with Crippen molar-refractivity contribution in [1.29, 1.82) is 0 Å². The van der Waals surface area contributed by atoms with Crippen LogP contribution in [-0.2, 0) is 21.5 Å². The second-order valence-electron chi connectivity index (χ2n) is 6.07. The zero-order valence-corrected chi connectivity index (χ0v) is 16.3. The summed E-state index contributed by atoms with van der Waals surface area (Å²) < 4.78 is 38.7. The lowest BCUT2D eigenvalue weighted by molar-refractivity contribution is 0.136. The van der Waals surface area contributed by atoms with Gasteiger partial charge >= 0.3 is 0 Å². The lowest BCUT2D eigenvalue weighted by Crippen LogP contribution is -2.14. The maximum atomic E-state index is 11.7. The average molecular weight is 389 g/mol. The summed E-state index contributed by atoms with van der Waals surface area (Å²) in [5, 5.41) is 0.901. The molecule has 0 atom stereocenters. The molecule has 7 nitrogen and oxygen atoms in total. The maximum Gasteiger partial charge on any atom is 0.232 e. The number of rotatable bonds is 7. The number of anilines is 2. The second-order valence-corrected chi connectivity index (χ2v) is 8.08. The summed E-state index contributed by atoms with van der Waals surface area (Å²) in [7, 11) is -0.0812. The molecule has 0 spiro atoms. The van der Waals surface area contributed by atoms with Crippen molar-refractivity contribution in [2.24, 2.45) is 0 Å². The Bertz CT molecular complexity index is 1060. The highest BCUT2D eigenvalue weighted by Crippen LogP contribution is 2.38. The highest BCUT2D eigenvalue weighted by atomic mass is 32.2. The first-order valence-electron chi connectivity index (χ1n) is 8.45. The molecule has 0 saturated carbocycles. The van der Waals surface area contributed by atoms with Gasteiger partial charge in [-0.25, -0.2) is 8.42 Å². The number of hydrogen-bond donors (Lipinski definition) is 2. The van der Waals surface area contributed by atoms with Crippen molar-refractivity contribution in [1.82, 2.24) is 4.57 Å².